The Morgan fingerprint density at radius 2 is 1.36 bits per heavy atom. The Kier molecular flexibility index (Phi) is 10.5. The Bertz CT molecular complexity index is 1650. The first-order valence-electron chi connectivity index (χ1n) is 15.5. The molecule has 47 heavy (non-hydrogen) atoms. The summed E-state index contributed by atoms with van der Waals surface area (Å²) in [5.41, 5.74) is -1.32. The van der Waals surface area contributed by atoms with Gasteiger partial charge >= 0.3 is 6.11 Å². The molecule has 3 aromatic carbocycles. The Hall–Kier alpha value is -4.02. The molecule has 4 aromatic rings. The molecule has 1 heterocycles. The van der Waals surface area contributed by atoms with E-state index in [1.165, 1.54) is 38.5 Å². The average Bonchev–Trinajstić information content (AvgIpc) is 3.01. The number of benzene rings is 3. The highest BCUT2D eigenvalue weighted by molar-refractivity contribution is 5.60. The lowest BCUT2D eigenvalue weighted by Crippen LogP contribution is -2.25. The second-order valence-corrected chi connectivity index (χ2v) is 12.0. The first kappa shape index (κ1) is 34.3. The summed E-state index contributed by atoms with van der Waals surface area (Å²) in [7, 11) is 0. The van der Waals surface area contributed by atoms with Crippen molar-refractivity contribution in [3.05, 3.63) is 118 Å². The van der Waals surface area contributed by atoms with Gasteiger partial charge in [-0.3, -0.25) is 4.98 Å². The molecule has 1 aromatic heterocycles. The highest BCUT2D eigenvalue weighted by atomic mass is 19.3. The molecule has 250 valence electrons. The summed E-state index contributed by atoms with van der Waals surface area (Å²) >= 11 is 0. The fourth-order valence-corrected chi connectivity index (χ4v) is 6.20. The van der Waals surface area contributed by atoms with Crippen molar-refractivity contribution in [2.24, 2.45) is 5.92 Å². The van der Waals surface area contributed by atoms with Crippen LogP contribution in [0.1, 0.15) is 86.5 Å². The van der Waals surface area contributed by atoms with Gasteiger partial charge in [0.05, 0.1) is 5.69 Å². The number of hydrogen-bond donors (Lipinski definition) is 0. The molecule has 0 N–H and O–H groups in total. The topological polar surface area (TPSA) is 22.1 Å². The van der Waals surface area contributed by atoms with E-state index in [1.54, 1.807) is 12.3 Å². The molecule has 1 aliphatic carbocycles. The van der Waals surface area contributed by atoms with Crippen LogP contribution >= 0.6 is 0 Å². The van der Waals surface area contributed by atoms with Crippen molar-refractivity contribution in [3.8, 4) is 17.0 Å². The summed E-state index contributed by atoms with van der Waals surface area (Å²) < 4.78 is 133. The number of alkyl halides is 2. The minimum absolute atomic E-state index is 0.0798. The fourth-order valence-electron chi connectivity index (χ4n) is 6.20. The predicted octanol–water partition coefficient (Wildman–Crippen LogP) is 11.3. The van der Waals surface area contributed by atoms with Crippen LogP contribution in [0, 0.1) is 46.6 Å². The Balaban J connectivity index is 1.28. The third kappa shape index (κ3) is 7.93. The zero-order chi connectivity index (χ0) is 33.9. The SMILES string of the molecule is CCCCCC1CCC(c2ccc(-c3cc(F)c(Cc4cc(F)c(C(F)(F)Oc5cc(F)c(F)c(F)c5)c(F)c4)c(F)c3)nc2)CC1. The maximum atomic E-state index is 15.1. The van der Waals surface area contributed by atoms with Crippen LogP contribution < -0.4 is 4.74 Å². The maximum Gasteiger partial charge on any atom is 0.432 e. The standard InChI is InChI=1S/C36H32F9NO/c1-2-3-4-5-20-6-8-22(9-7-20)23-10-11-33(46-19-23)24-15-27(37)26(28(38)16-24)12-21-13-29(39)34(30(40)14-21)36(44,45)47-25-17-31(41)35(43)32(42)18-25/h10-11,13-20,22H,2-9,12H2,1H3. The van der Waals surface area contributed by atoms with Gasteiger partial charge in [-0.25, -0.2) is 30.7 Å². The van der Waals surface area contributed by atoms with Crippen LogP contribution in [0.5, 0.6) is 5.75 Å². The lowest BCUT2D eigenvalue weighted by atomic mass is 9.77. The first-order chi connectivity index (χ1) is 22.4. The van der Waals surface area contributed by atoms with Gasteiger partial charge in [0, 0.05) is 35.9 Å². The number of halogens is 9. The molecule has 0 saturated heterocycles. The molecule has 1 aliphatic rings. The van der Waals surface area contributed by atoms with Crippen LogP contribution in [0.3, 0.4) is 0 Å². The van der Waals surface area contributed by atoms with Crippen molar-refractivity contribution < 1.29 is 44.3 Å². The normalized spacial score (nSPS) is 16.8. The lowest BCUT2D eigenvalue weighted by molar-refractivity contribution is -0.189. The number of rotatable bonds is 11. The summed E-state index contributed by atoms with van der Waals surface area (Å²) in [4.78, 5) is 4.42. The molecular weight excluding hydrogens is 633 g/mol. The fraction of sp³-hybridized carbons (Fsp3) is 0.361. The van der Waals surface area contributed by atoms with E-state index < -0.39 is 70.1 Å². The smallest absolute Gasteiger partial charge is 0.429 e. The van der Waals surface area contributed by atoms with Gasteiger partial charge in [0.1, 0.15) is 34.6 Å². The zero-order valence-corrected chi connectivity index (χ0v) is 25.5. The maximum absolute atomic E-state index is 15.1. The summed E-state index contributed by atoms with van der Waals surface area (Å²) in [6, 6.07) is 6.70. The van der Waals surface area contributed by atoms with E-state index >= 15 is 8.78 Å². The van der Waals surface area contributed by atoms with Crippen molar-refractivity contribution in [1.29, 1.82) is 0 Å². The number of hydrogen-bond acceptors (Lipinski definition) is 2. The van der Waals surface area contributed by atoms with Gasteiger partial charge in [0.15, 0.2) is 17.5 Å². The molecule has 5 rings (SSSR count). The van der Waals surface area contributed by atoms with Crippen LogP contribution in [-0.2, 0) is 12.5 Å². The van der Waals surface area contributed by atoms with Crippen molar-refractivity contribution in [2.75, 3.05) is 0 Å². The first-order valence-corrected chi connectivity index (χ1v) is 15.5. The van der Waals surface area contributed by atoms with Crippen molar-refractivity contribution in [1.82, 2.24) is 4.98 Å². The van der Waals surface area contributed by atoms with Gasteiger partial charge in [-0.05, 0) is 79.0 Å². The number of pyridine rings is 1. The van der Waals surface area contributed by atoms with Crippen molar-refractivity contribution in [3.63, 3.8) is 0 Å². The molecule has 0 spiro atoms. The van der Waals surface area contributed by atoms with Crippen LogP contribution in [0.25, 0.3) is 11.3 Å². The molecule has 1 saturated carbocycles. The number of aromatic nitrogens is 1. The molecule has 11 heteroatoms. The van der Waals surface area contributed by atoms with E-state index in [0.717, 1.165) is 36.5 Å². The number of unbranched alkanes of at least 4 members (excludes halogenated alkanes) is 2. The second kappa shape index (κ2) is 14.4. The van der Waals surface area contributed by atoms with Crippen LogP contribution in [0.2, 0.25) is 0 Å². The molecular formula is C36H32F9NO. The van der Waals surface area contributed by atoms with E-state index in [-0.39, 0.29) is 23.3 Å². The Morgan fingerprint density at radius 3 is 1.91 bits per heavy atom. The van der Waals surface area contributed by atoms with E-state index in [1.807, 2.05) is 6.07 Å². The van der Waals surface area contributed by atoms with E-state index in [4.69, 9.17) is 0 Å². The van der Waals surface area contributed by atoms with E-state index in [2.05, 4.69) is 16.6 Å². The summed E-state index contributed by atoms with van der Waals surface area (Å²) in [6.07, 6.45) is 5.68. The van der Waals surface area contributed by atoms with Gasteiger partial charge in [0.2, 0.25) is 0 Å². The number of nitrogens with zero attached hydrogens (tertiary/aromatic N) is 1. The largest absolute Gasteiger partial charge is 0.432 e. The Morgan fingerprint density at radius 1 is 0.745 bits per heavy atom. The molecule has 0 atom stereocenters. The van der Waals surface area contributed by atoms with Crippen molar-refractivity contribution in [2.45, 2.75) is 76.7 Å². The minimum Gasteiger partial charge on any atom is -0.429 e. The minimum atomic E-state index is -4.79. The van der Waals surface area contributed by atoms with E-state index in [9.17, 15) is 30.7 Å². The molecule has 0 aliphatic heterocycles. The molecule has 0 unspecified atom stereocenters. The summed E-state index contributed by atoms with van der Waals surface area (Å²) in [5, 5.41) is 0. The highest BCUT2D eigenvalue weighted by Crippen LogP contribution is 2.39. The third-order valence-corrected chi connectivity index (χ3v) is 8.73. The van der Waals surface area contributed by atoms with Crippen LogP contribution in [0.4, 0.5) is 39.5 Å². The zero-order valence-electron chi connectivity index (χ0n) is 25.5. The van der Waals surface area contributed by atoms with Gasteiger partial charge in [0.25, 0.3) is 0 Å². The second-order valence-electron chi connectivity index (χ2n) is 12.0. The molecule has 0 amide bonds. The van der Waals surface area contributed by atoms with Gasteiger partial charge < -0.3 is 4.74 Å². The van der Waals surface area contributed by atoms with Gasteiger partial charge in [-0.2, -0.15) is 8.78 Å². The quantitative estimate of drug-likeness (QED) is 0.0904. The van der Waals surface area contributed by atoms with Gasteiger partial charge in [-0.15, -0.1) is 0 Å². The number of ether oxygens (including phenoxy) is 1. The third-order valence-electron chi connectivity index (χ3n) is 8.73. The average molecular weight is 666 g/mol. The molecule has 0 bridgehead atoms. The van der Waals surface area contributed by atoms with E-state index in [0.29, 0.717) is 23.7 Å². The van der Waals surface area contributed by atoms with Crippen molar-refractivity contribution >= 4 is 0 Å². The molecule has 2 nitrogen and oxygen atoms in total. The van der Waals surface area contributed by atoms with Gasteiger partial charge in [-0.1, -0.05) is 38.7 Å². The lowest BCUT2D eigenvalue weighted by Gasteiger charge is -2.28. The van der Waals surface area contributed by atoms with Crippen LogP contribution in [0.15, 0.2) is 54.7 Å². The Labute approximate surface area is 266 Å². The predicted molar refractivity (Wildman–Crippen MR) is 158 cm³/mol. The molecule has 1 fully saturated rings. The van der Waals surface area contributed by atoms with Crippen LogP contribution in [-0.4, -0.2) is 4.98 Å². The summed E-state index contributed by atoms with van der Waals surface area (Å²) in [5.74, 6) is -11.5. The highest BCUT2D eigenvalue weighted by Gasteiger charge is 2.41. The summed E-state index contributed by atoms with van der Waals surface area (Å²) in [6.45, 7) is 2.19. The molecule has 0 radical (unpaired) electrons. The monoisotopic (exact) mass is 665 g/mol.